The number of thiophene rings is 1. The van der Waals surface area contributed by atoms with Gasteiger partial charge in [-0.25, -0.2) is 4.79 Å². The molecule has 320 valence electrons. The maximum absolute atomic E-state index is 14.6. The summed E-state index contributed by atoms with van der Waals surface area (Å²) in [4.78, 5) is 58.0. The number of Topliss-reactive ketones (excluding diaryl/α,β-unsaturated/α-hetero) is 2. The highest BCUT2D eigenvalue weighted by Gasteiger charge is 2.33. The number of ketones is 2. The van der Waals surface area contributed by atoms with Crippen molar-refractivity contribution in [2.45, 2.75) is 85.9 Å². The minimum absolute atomic E-state index is 0.0554. The number of nitrogens with zero attached hydrogens (tertiary/aromatic N) is 8. The van der Waals surface area contributed by atoms with Crippen LogP contribution in [-0.2, 0) is 16.1 Å². The van der Waals surface area contributed by atoms with Crippen molar-refractivity contribution in [3.8, 4) is 21.9 Å². The number of hydrogen-bond donors (Lipinski definition) is 0. The SMILES string of the molecule is COc1cc2c(cc1-c1c(C)coc1C)ncc1c2n([C@H](C)c2ccccn2)c(=O)n1CC(=O)CCCC(=O)C[C@@H]1N=C(c2ccc(Cl)cc2)c2c(sc(C)c2C)-n2c(C)nnc21. The van der Waals surface area contributed by atoms with Crippen LogP contribution >= 0.6 is 22.9 Å². The van der Waals surface area contributed by atoms with Gasteiger partial charge in [0.15, 0.2) is 11.6 Å². The van der Waals surface area contributed by atoms with Crippen LogP contribution < -0.4 is 10.4 Å². The second-order valence-corrected chi connectivity index (χ2v) is 17.8. The number of furan rings is 1. The number of aryl methyl sites for hydroxylation is 4. The first kappa shape index (κ1) is 41.8. The van der Waals surface area contributed by atoms with E-state index in [9.17, 15) is 14.4 Å². The van der Waals surface area contributed by atoms with Gasteiger partial charge in [0.05, 0.1) is 60.1 Å². The van der Waals surface area contributed by atoms with E-state index in [0.29, 0.717) is 56.5 Å². The summed E-state index contributed by atoms with van der Waals surface area (Å²) in [5, 5.41) is 11.2. The average molecular weight is 881 g/mol. The Morgan fingerprint density at radius 1 is 0.968 bits per heavy atom. The van der Waals surface area contributed by atoms with E-state index in [1.807, 2.05) is 86.9 Å². The molecule has 1 aliphatic heterocycles. The number of carbonyl (C=O) groups excluding carboxylic acids is 2. The third-order valence-corrected chi connectivity index (χ3v) is 13.5. The summed E-state index contributed by atoms with van der Waals surface area (Å²) < 4.78 is 16.8. The van der Waals surface area contributed by atoms with Crippen LogP contribution in [0.4, 0.5) is 0 Å². The average Bonchev–Trinajstić information content (AvgIpc) is 3.97. The summed E-state index contributed by atoms with van der Waals surface area (Å²) in [6.07, 6.45) is 5.69. The fourth-order valence-corrected chi connectivity index (χ4v) is 10.1. The molecule has 0 N–H and O–H groups in total. The van der Waals surface area contributed by atoms with Crippen molar-refractivity contribution in [2.75, 3.05) is 7.11 Å². The summed E-state index contributed by atoms with van der Waals surface area (Å²) in [6, 6.07) is 15.9. The molecular formula is C48H45ClN8O5S. The number of aromatic nitrogens is 7. The van der Waals surface area contributed by atoms with Crippen molar-refractivity contribution >= 4 is 62.2 Å². The molecule has 2 atom stereocenters. The van der Waals surface area contributed by atoms with Crippen LogP contribution in [0.3, 0.4) is 0 Å². The van der Waals surface area contributed by atoms with Crippen molar-refractivity contribution in [1.82, 2.24) is 33.9 Å². The summed E-state index contributed by atoms with van der Waals surface area (Å²) in [6.45, 7) is 11.7. The molecule has 63 heavy (non-hydrogen) atoms. The number of fused-ring (bicyclic) bond motifs is 6. The van der Waals surface area contributed by atoms with Crippen molar-refractivity contribution < 1.29 is 18.7 Å². The van der Waals surface area contributed by atoms with Crippen LogP contribution in [0.15, 0.2) is 87.5 Å². The Morgan fingerprint density at radius 2 is 1.75 bits per heavy atom. The maximum Gasteiger partial charge on any atom is 0.330 e. The number of pyridine rings is 2. The molecule has 0 saturated carbocycles. The van der Waals surface area contributed by atoms with E-state index in [0.717, 1.165) is 54.7 Å². The number of hydrogen-bond acceptors (Lipinski definition) is 11. The lowest BCUT2D eigenvalue weighted by molar-refractivity contribution is -0.120. The van der Waals surface area contributed by atoms with Gasteiger partial charge in [0.25, 0.3) is 0 Å². The van der Waals surface area contributed by atoms with Gasteiger partial charge in [-0.3, -0.25) is 38.3 Å². The lowest BCUT2D eigenvalue weighted by Gasteiger charge is -2.15. The monoisotopic (exact) mass is 880 g/mol. The first-order valence-electron chi connectivity index (χ1n) is 20.8. The maximum atomic E-state index is 14.6. The molecule has 0 radical (unpaired) electrons. The number of carbonyl (C=O) groups is 2. The summed E-state index contributed by atoms with van der Waals surface area (Å²) in [7, 11) is 1.61. The Hall–Kier alpha value is -6.51. The van der Waals surface area contributed by atoms with Crippen molar-refractivity contribution in [3.05, 3.63) is 139 Å². The fraction of sp³-hybridized carbons (Fsp3) is 0.292. The standard InChI is InChI=1S/C48H45ClN8O5S/c1-25-24-62-28(4)42(25)36-20-38-35(21-41(36)61-7)45-40(22-51-38)55(48(60)56(45)27(3)37-13-8-9-18-50-37)23-34(59)12-10-11-33(58)19-39-46-54-53-30(6)57(46)47-43(26(2)29(5)63-47)44(52-39)31-14-16-32(49)17-15-31/h8-9,13-18,20-22,24,27,39H,10-12,19,23H2,1-7H3/t27-,39+/m1/s1. The zero-order chi connectivity index (χ0) is 44.3. The Morgan fingerprint density at radius 3 is 2.46 bits per heavy atom. The van der Waals surface area contributed by atoms with Gasteiger partial charge in [0.1, 0.15) is 34.2 Å². The molecule has 0 unspecified atom stereocenters. The van der Waals surface area contributed by atoms with Gasteiger partial charge in [-0.2, -0.15) is 0 Å². The second kappa shape index (κ2) is 16.6. The topological polar surface area (TPSA) is 152 Å². The van der Waals surface area contributed by atoms with E-state index < -0.39 is 12.1 Å². The molecule has 0 aliphatic carbocycles. The Bertz CT molecular complexity index is 3170. The van der Waals surface area contributed by atoms with Crippen molar-refractivity contribution in [1.29, 1.82) is 0 Å². The molecule has 0 bridgehead atoms. The first-order chi connectivity index (χ1) is 30.3. The van der Waals surface area contributed by atoms with Crippen LogP contribution in [0.25, 0.3) is 38.1 Å². The van der Waals surface area contributed by atoms with Gasteiger partial charge in [0, 0.05) is 63.0 Å². The third kappa shape index (κ3) is 7.40. The lowest BCUT2D eigenvalue weighted by Crippen LogP contribution is -2.29. The van der Waals surface area contributed by atoms with Gasteiger partial charge in [-0.05, 0) is 95.5 Å². The predicted octanol–water partition coefficient (Wildman–Crippen LogP) is 9.75. The molecule has 0 amide bonds. The Kier molecular flexibility index (Phi) is 11.1. The number of methoxy groups -OCH3 is 1. The Balaban J connectivity index is 0.993. The normalized spacial score (nSPS) is 14.1. The summed E-state index contributed by atoms with van der Waals surface area (Å²) in [5.41, 5.74) is 8.54. The number of rotatable bonds is 13. The number of benzene rings is 2. The van der Waals surface area contributed by atoms with E-state index >= 15 is 0 Å². The van der Waals surface area contributed by atoms with Gasteiger partial charge >= 0.3 is 5.69 Å². The highest BCUT2D eigenvalue weighted by Crippen LogP contribution is 2.42. The quantitative estimate of drug-likeness (QED) is 0.110. The van der Waals surface area contributed by atoms with Crippen LogP contribution in [0.2, 0.25) is 5.02 Å². The molecule has 1 aliphatic rings. The van der Waals surface area contributed by atoms with Crippen LogP contribution in [0.1, 0.15) is 94.9 Å². The van der Waals surface area contributed by atoms with E-state index in [1.165, 1.54) is 4.57 Å². The van der Waals surface area contributed by atoms with Gasteiger partial charge in [-0.1, -0.05) is 29.8 Å². The number of aliphatic imine (C=N–C) groups is 1. The van der Waals surface area contributed by atoms with E-state index in [2.05, 4.69) is 29.0 Å². The number of ether oxygens (including phenoxy) is 1. The molecule has 0 spiro atoms. The van der Waals surface area contributed by atoms with E-state index in [4.69, 9.17) is 30.7 Å². The van der Waals surface area contributed by atoms with Crippen LogP contribution in [0.5, 0.6) is 5.75 Å². The minimum atomic E-state index is -0.602. The van der Waals surface area contributed by atoms with Crippen molar-refractivity contribution in [3.63, 3.8) is 0 Å². The second-order valence-electron chi connectivity index (χ2n) is 16.1. The fourth-order valence-electron chi connectivity index (χ4n) is 8.77. The molecule has 7 heterocycles. The first-order valence-corrected chi connectivity index (χ1v) is 22.0. The third-order valence-electron chi connectivity index (χ3n) is 12.1. The van der Waals surface area contributed by atoms with Gasteiger partial charge in [-0.15, -0.1) is 21.5 Å². The van der Waals surface area contributed by atoms with Crippen LogP contribution in [0, 0.1) is 34.6 Å². The lowest BCUT2D eigenvalue weighted by atomic mass is 9.99. The molecule has 2 aromatic carbocycles. The smallest absolute Gasteiger partial charge is 0.330 e. The Labute approximate surface area is 372 Å². The zero-order valence-electron chi connectivity index (χ0n) is 36.0. The van der Waals surface area contributed by atoms with Crippen molar-refractivity contribution in [2.24, 2.45) is 4.99 Å². The van der Waals surface area contributed by atoms with Gasteiger partial charge < -0.3 is 9.15 Å². The number of imidazole rings is 1. The summed E-state index contributed by atoms with van der Waals surface area (Å²) >= 11 is 7.93. The molecule has 15 heteroatoms. The predicted molar refractivity (Wildman–Crippen MR) is 245 cm³/mol. The minimum Gasteiger partial charge on any atom is -0.496 e. The molecule has 8 aromatic rings. The van der Waals surface area contributed by atoms with E-state index in [1.54, 1.807) is 41.7 Å². The molecule has 9 rings (SSSR count). The molecule has 6 aromatic heterocycles. The molecular weight excluding hydrogens is 836 g/mol. The molecule has 13 nitrogen and oxygen atoms in total. The number of halogens is 1. The van der Waals surface area contributed by atoms with Gasteiger partial charge in [0.2, 0.25) is 0 Å². The highest BCUT2D eigenvalue weighted by molar-refractivity contribution is 7.15. The highest BCUT2D eigenvalue weighted by atomic mass is 35.5. The van der Waals surface area contributed by atoms with Crippen LogP contribution in [-0.4, -0.2) is 58.3 Å². The molecule has 0 fully saturated rings. The zero-order valence-corrected chi connectivity index (χ0v) is 37.6. The largest absolute Gasteiger partial charge is 0.496 e. The van der Waals surface area contributed by atoms with E-state index in [-0.39, 0.29) is 43.1 Å². The summed E-state index contributed by atoms with van der Waals surface area (Å²) in [5.74, 6) is 2.41. The molecule has 0 saturated heterocycles.